The van der Waals surface area contributed by atoms with E-state index in [1.807, 2.05) is 58.0 Å². The van der Waals surface area contributed by atoms with E-state index < -0.39 is 5.60 Å². The van der Waals surface area contributed by atoms with Gasteiger partial charge >= 0.3 is 6.03 Å². The molecule has 1 aromatic rings. The number of aliphatic hydroxyl groups excluding tert-OH is 1. The van der Waals surface area contributed by atoms with Gasteiger partial charge in [-0.3, -0.25) is 0 Å². The molecule has 134 valence electrons. The van der Waals surface area contributed by atoms with Crippen LogP contribution in [0.1, 0.15) is 58.6 Å². The summed E-state index contributed by atoms with van der Waals surface area (Å²) in [6.45, 7) is 8.22. The zero-order valence-electron chi connectivity index (χ0n) is 15.1. The molecule has 1 saturated heterocycles. The van der Waals surface area contributed by atoms with Gasteiger partial charge in [0, 0.05) is 6.61 Å². The number of carbonyl (C=O) groups excluding carboxylic acids is 1. The Labute approximate surface area is 144 Å². The second kappa shape index (κ2) is 7.53. The molecule has 5 heteroatoms. The smallest absolute Gasteiger partial charge is 0.315 e. The van der Waals surface area contributed by atoms with E-state index in [-0.39, 0.29) is 30.3 Å². The lowest BCUT2D eigenvalue weighted by Crippen LogP contribution is -2.50. The lowest BCUT2D eigenvalue weighted by atomic mass is 9.94. The first-order chi connectivity index (χ1) is 11.2. The van der Waals surface area contributed by atoms with Crippen molar-refractivity contribution >= 4 is 6.03 Å². The van der Waals surface area contributed by atoms with Crippen molar-refractivity contribution in [2.75, 3.05) is 6.61 Å². The highest BCUT2D eigenvalue weighted by atomic mass is 16.5. The van der Waals surface area contributed by atoms with Crippen LogP contribution >= 0.6 is 0 Å². The monoisotopic (exact) mass is 334 g/mol. The maximum absolute atomic E-state index is 12.5. The summed E-state index contributed by atoms with van der Waals surface area (Å²) in [6, 6.07) is 9.50. The standard InChI is InChI=1S/C19H30N2O3/c1-18(2)13-16(19(3,4)24-18)21-17(23)20-15(11-8-12-22)14-9-6-5-7-10-14/h5-7,9-10,15-16,22H,8,11-13H2,1-4H3,(H2,20,21,23). The van der Waals surface area contributed by atoms with E-state index in [9.17, 15) is 4.79 Å². The molecule has 0 spiro atoms. The van der Waals surface area contributed by atoms with Gasteiger partial charge in [0.2, 0.25) is 0 Å². The number of aliphatic hydroxyl groups is 1. The molecule has 2 unspecified atom stereocenters. The van der Waals surface area contributed by atoms with E-state index in [1.54, 1.807) is 0 Å². The fourth-order valence-electron chi connectivity index (χ4n) is 3.45. The molecule has 0 aliphatic carbocycles. The third-order valence-corrected chi connectivity index (χ3v) is 4.54. The van der Waals surface area contributed by atoms with Gasteiger partial charge in [-0.05, 0) is 52.5 Å². The van der Waals surface area contributed by atoms with Crippen LogP contribution in [0.25, 0.3) is 0 Å². The molecule has 1 fully saturated rings. The average Bonchev–Trinajstić information content (AvgIpc) is 2.71. The Hall–Kier alpha value is -1.59. The van der Waals surface area contributed by atoms with E-state index in [4.69, 9.17) is 9.84 Å². The number of hydrogen-bond acceptors (Lipinski definition) is 3. The minimum Gasteiger partial charge on any atom is -0.396 e. The second-order valence-electron chi connectivity index (χ2n) is 7.67. The number of carbonyl (C=O) groups is 1. The van der Waals surface area contributed by atoms with Crippen LogP contribution < -0.4 is 10.6 Å². The summed E-state index contributed by atoms with van der Waals surface area (Å²) < 4.78 is 6.03. The first kappa shape index (κ1) is 18.7. The lowest BCUT2D eigenvalue weighted by molar-refractivity contribution is -0.0690. The lowest BCUT2D eigenvalue weighted by Gasteiger charge is -2.28. The van der Waals surface area contributed by atoms with E-state index in [0.29, 0.717) is 12.8 Å². The largest absolute Gasteiger partial charge is 0.396 e. The van der Waals surface area contributed by atoms with Crippen molar-refractivity contribution in [2.45, 2.75) is 70.2 Å². The predicted octanol–water partition coefficient (Wildman–Crippen LogP) is 3.15. The van der Waals surface area contributed by atoms with Gasteiger partial charge in [0.25, 0.3) is 0 Å². The van der Waals surface area contributed by atoms with Gasteiger partial charge in [-0.2, -0.15) is 0 Å². The molecule has 1 heterocycles. The molecule has 1 aromatic carbocycles. The average molecular weight is 334 g/mol. The Morgan fingerprint density at radius 1 is 1.29 bits per heavy atom. The molecule has 0 radical (unpaired) electrons. The summed E-state index contributed by atoms with van der Waals surface area (Å²) >= 11 is 0. The Balaban J connectivity index is 2.00. The fourth-order valence-corrected chi connectivity index (χ4v) is 3.45. The van der Waals surface area contributed by atoms with Crippen molar-refractivity contribution in [1.29, 1.82) is 0 Å². The molecule has 1 aliphatic heterocycles. The van der Waals surface area contributed by atoms with E-state index in [2.05, 4.69) is 10.6 Å². The van der Waals surface area contributed by atoms with Gasteiger partial charge in [-0.1, -0.05) is 30.3 Å². The van der Waals surface area contributed by atoms with Crippen molar-refractivity contribution in [3.05, 3.63) is 35.9 Å². The number of ether oxygens (including phenoxy) is 1. The van der Waals surface area contributed by atoms with E-state index in [0.717, 1.165) is 12.0 Å². The van der Waals surface area contributed by atoms with Crippen LogP contribution in [-0.4, -0.2) is 35.0 Å². The van der Waals surface area contributed by atoms with Gasteiger partial charge in [0.15, 0.2) is 0 Å². The first-order valence-electron chi connectivity index (χ1n) is 8.66. The summed E-state index contributed by atoms with van der Waals surface area (Å²) in [5, 5.41) is 15.2. The minimum absolute atomic E-state index is 0.0400. The molecule has 0 aromatic heterocycles. The molecule has 0 bridgehead atoms. The van der Waals surface area contributed by atoms with Crippen LogP contribution in [0.2, 0.25) is 0 Å². The zero-order chi connectivity index (χ0) is 17.8. The summed E-state index contributed by atoms with van der Waals surface area (Å²) in [6.07, 6.45) is 2.12. The molecule has 1 aliphatic rings. The van der Waals surface area contributed by atoms with Crippen molar-refractivity contribution < 1.29 is 14.6 Å². The van der Waals surface area contributed by atoms with Crippen molar-refractivity contribution in [3.8, 4) is 0 Å². The molecule has 0 saturated carbocycles. The quantitative estimate of drug-likeness (QED) is 0.748. The van der Waals surface area contributed by atoms with Crippen molar-refractivity contribution in [2.24, 2.45) is 0 Å². The van der Waals surface area contributed by atoms with Crippen LogP contribution in [0, 0.1) is 0 Å². The number of urea groups is 1. The number of hydrogen-bond donors (Lipinski definition) is 3. The predicted molar refractivity (Wildman–Crippen MR) is 94.8 cm³/mol. The Bertz CT molecular complexity index is 543. The Kier molecular flexibility index (Phi) is 5.88. The summed E-state index contributed by atoms with van der Waals surface area (Å²) in [5.41, 5.74) is 0.411. The van der Waals surface area contributed by atoms with E-state index >= 15 is 0 Å². The molecule has 3 N–H and O–H groups in total. The molecule has 2 rings (SSSR count). The van der Waals surface area contributed by atoms with E-state index in [1.165, 1.54) is 0 Å². The third-order valence-electron chi connectivity index (χ3n) is 4.54. The highest BCUT2D eigenvalue weighted by Crippen LogP contribution is 2.37. The van der Waals surface area contributed by atoms with Crippen LogP contribution in [0.15, 0.2) is 30.3 Å². The zero-order valence-corrected chi connectivity index (χ0v) is 15.1. The summed E-state index contributed by atoms with van der Waals surface area (Å²) in [7, 11) is 0. The van der Waals surface area contributed by atoms with Crippen molar-refractivity contribution in [3.63, 3.8) is 0 Å². The van der Waals surface area contributed by atoms with Gasteiger partial charge in [-0.15, -0.1) is 0 Å². The maximum Gasteiger partial charge on any atom is 0.315 e. The molecular formula is C19H30N2O3. The first-order valence-corrected chi connectivity index (χ1v) is 8.66. The number of rotatable bonds is 6. The van der Waals surface area contributed by atoms with Crippen LogP contribution in [0.3, 0.4) is 0 Å². The SMILES string of the molecule is CC1(C)CC(NC(=O)NC(CCCO)c2ccccc2)C(C)(C)O1. The van der Waals surface area contributed by atoms with Gasteiger partial charge < -0.3 is 20.5 Å². The molecular weight excluding hydrogens is 304 g/mol. The van der Waals surface area contributed by atoms with Crippen LogP contribution in [0.5, 0.6) is 0 Å². The third kappa shape index (κ3) is 4.95. The van der Waals surface area contributed by atoms with Gasteiger partial charge in [-0.25, -0.2) is 4.79 Å². The summed E-state index contributed by atoms with van der Waals surface area (Å²) in [5.74, 6) is 0. The van der Waals surface area contributed by atoms with Crippen LogP contribution in [-0.2, 0) is 4.74 Å². The number of amides is 2. The highest BCUT2D eigenvalue weighted by Gasteiger charge is 2.46. The molecule has 5 nitrogen and oxygen atoms in total. The molecule has 2 amide bonds. The number of benzene rings is 1. The topological polar surface area (TPSA) is 70.6 Å². The number of nitrogens with one attached hydrogen (secondary N) is 2. The Morgan fingerprint density at radius 2 is 1.96 bits per heavy atom. The van der Waals surface area contributed by atoms with Gasteiger partial charge in [0.05, 0.1) is 23.3 Å². The molecule has 2 atom stereocenters. The maximum atomic E-state index is 12.5. The fraction of sp³-hybridized carbons (Fsp3) is 0.632. The van der Waals surface area contributed by atoms with Crippen molar-refractivity contribution in [1.82, 2.24) is 10.6 Å². The second-order valence-corrected chi connectivity index (χ2v) is 7.67. The highest BCUT2D eigenvalue weighted by molar-refractivity contribution is 5.75. The van der Waals surface area contributed by atoms with Crippen LogP contribution in [0.4, 0.5) is 4.79 Å². The normalized spacial score (nSPS) is 22.8. The summed E-state index contributed by atoms with van der Waals surface area (Å²) in [4.78, 5) is 12.5. The molecule has 24 heavy (non-hydrogen) atoms. The van der Waals surface area contributed by atoms with Gasteiger partial charge in [0.1, 0.15) is 0 Å². The Morgan fingerprint density at radius 3 is 2.50 bits per heavy atom. The minimum atomic E-state index is -0.395.